The standard InChI is InChI=1S/C14H22N2O/c1-11(12-5-4-6-13(15)9-12)16-8-3-2-7-14(16)10-17/h4-6,9,11,14,17H,2-3,7-8,10,15H2,1H3. The zero-order valence-electron chi connectivity index (χ0n) is 10.5. The number of hydrogen-bond acceptors (Lipinski definition) is 3. The lowest BCUT2D eigenvalue weighted by molar-refractivity contribution is 0.0588. The van der Waals surface area contributed by atoms with E-state index >= 15 is 0 Å². The fourth-order valence-corrected chi connectivity index (χ4v) is 2.74. The highest BCUT2D eigenvalue weighted by Crippen LogP contribution is 2.28. The Bertz CT molecular complexity index is 367. The fraction of sp³-hybridized carbons (Fsp3) is 0.571. The van der Waals surface area contributed by atoms with Gasteiger partial charge >= 0.3 is 0 Å². The molecule has 2 atom stereocenters. The number of nitrogen functional groups attached to an aromatic ring is 1. The van der Waals surface area contributed by atoms with Crippen LogP contribution in [0.1, 0.15) is 37.8 Å². The molecule has 0 spiro atoms. The Morgan fingerprint density at radius 3 is 3.00 bits per heavy atom. The summed E-state index contributed by atoms with van der Waals surface area (Å²) in [7, 11) is 0. The number of aliphatic hydroxyl groups is 1. The van der Waals surface area contributed by atoms with Crippen LogP contribution in [0.25, 0.3) is 0 Å². The van der Waals surface area contributed by atoms with Gasteiger partial charge in [0.15, 0.2) is 0 Å². The van der Waals surface area contributed by atoms with Crippen molar-refractivity contribution in [1.29, 1.82) is 0 Å². The molecule has 17 heavy (non-hydrogen) atoms. The number of aliphatic hydroxyl groups excluding tert-OH is 1. The Morgan fingerprint density at radius 2 is 2.29 bits per heavy atom. The highest BCUT2D eigenvalue weighted by Gasteiger charge is 2.26. The number of benzene rings is 1. The molecule has 1 aliphatic rings. The van der Waals surface area contributed by atoms with Gasteiger partial charge in [-0.15, -0.1) is 0 Å². The zero-order chi connectivity index (χ0) is 12.3. The summed E-state index contributed by atoms with van der Waals surface area (Å²) in [4.78, 5) is 2.40. The molecule has 94 valence electrons. The van der Waals surface area contributed by atoms with Crippen molar-refractivity contribution >= 4 is 5.69 Å². The van der Waals surface area contributed by atoms with E-state index < -0.39 is 0 Å². The molecule has 0 aromatic heterocycles. The Hall–Kier alpha value is -1.06. The van der Waals surface area contributed by atoms with Crippen LogP contribution in [0.2, 0.25) is 0 Å². The van der Waals surface area contributed by atoms with Gasteiger partial charge in [-0.05, 0) is 44.0 Å². The molecule has 1 fully saturated rings. The average Bonchev–Trinajstić information content (AvgIpc) is 2.38. The van der Waals surface area contributed by atoms with Gasteiger partial charge < -0.3 is 10.8 Å². The smallest absolute Gasteiger partial charge is 0.0587 e. The molecule has 2 rings (SSSR count). The highest BCUT2D eigenvalue weighted by molar-refractivity contribution is 5.41. The van der Waals surface area contributed by atoms with Crippen LogP contribution in [0.4, 0.5) is 5.69 Å². The summed E-state index contributed by atoms with van der Waals surface area (Å²) in [6.07, 6.45) is 3.55. The molecule has 0 bridgehead atoms. The van der Waals surface area contributed by atoms with E-state index in [0.717, 1.165) is 18.7 Å². The first kappa shape index (κ1) is 12.4. The topological polar surface area (TPSA) is 49.5 Å². The van der Waals surface area contributed by atoms with Crippen molar-refractivity contribution in [2.45, 2.75) is 38.3 Å². The van der Waals surface area contributed by atoms with Gasteiger partial charge in [0.1, 0.15) is 0 Å². The third-order valence-corrected chi connectivity index (χ3v) is 3.77. The molecule has 3 N–H and O–H groups in total. The first-order chi connectivity index (χ1) is 8.22. The van der Waals surface area contributed by atoms with Crippen molar-refractivity contribution in [3.63, 3.8) is 0 Å². The molecule has 2 unspecified atom stereocenters. The van der Waals surface area contributed by atoms with E-state index in [1.165, 1.54) is 18.4 Å². The minimum absolute atomic E-state index is 0.257. The summed E-state index contributed by atoms with van der Waals surface area (Å²) in [6, 6.07) is 8.70. The second kappa shape index (κ2) is 5.52. The molecule has 0 saturated carbocycles. The minimum atomic E-state index is 0.257. The SMILES string of the molecule is CC(c1cccc(N)c1)N1CCCCC1CO. The van der Waals surface area contributed by atoms with Crippen LogP contribution in [0.5, 0.6) is 0 Å². The maximum atomic E-state index is 9.45. The fourth-order valence-electron chi connectivity index (χ4n) is 2.74. The molecule has 3 nitrogen and oxygen atoms in total. The molecule has 1 aromatic rings. The summed E-state index contributed by atoms with van der Waals surface area (Å²) in [5.41, 5.74) is 7.88. The van der Waals surface area contributed by atoms with E-state index in [0.29, 0.717) is 12.1 Å². The summed E-state index contributed by atoms with van der Waals surface area (Å²) in [5, 5.41) is 9.45. The van der Waals surface area contributed by atoms with Crippen molar-refractivity contribution in [3.8, 4) is 0 Å². The lowest BCUT2D eigenvalue weighted by atomic mass is 9.97. The van der Waals surface area contributed by atoms with Gasteiger partial charge in [-0.25, -0.2) is 0 Å². The van der Waals surface area contributed by atoms with Gasteiger partial charge in [0.2, 0.25) is 0 Å². The lowest BCUT2D eigenvalue weighted by Gasteiger charge is -2.39. The number of anilines is 1. The maximum absolute atomic E-state index is 9.45. The second-order valence-electron chi connectivity index (χ2n) is 4.92. The number of rotatable bonds is 3. The molecule has 0 aliphatic carbocycles. The molecular weight excluding hydrogens is 212 g/mol. The van der Waals surface area contributed by atoms with Crippen molar-refractivity contribution in [2.75, 3.05) is 18.9 Å². The molecule has 1 saturated heterocycles. The summed E-state index contributed by atoms with van der Waals surface area (Å²) in [5.74, 6) is 0. The number of nitrogens with two attached hydrogens (primary N) is 1. The van der Waals surface area contributed by atoms with Crippen LogP contribution in [-0.4, -0.2) is 29.2 Å². The van der Waals surface area contributed by atoms with Gasteiger partial charge in [0.05, 0.1) is 6.61 Å². The number of piperidine rings is 1. The zero-order valence-corrected chi connectivity index (χ0v) is 10.5. The highest BCUT2D eigenvalue weighted by atomic mass is 16.3. The normalized spacial score (nSPS) is 23.5. The Labute approximate surface area is 103 Å². The molecule has 0 amide bonds. The quantitative estimate of drug-likeness (QED) is 0.788. The maximum Gasteiger partial charge on any atom is 0.0587 e. The van der Waals surface area contributed by atoms with Crippen LogP contribution in [-0.2, 0) is 0 Å². The lowest BCUT2D eigenvalue weighted by Crippen LogP contribution is -2.43. The van der Waals surface area contributed by atoms with E-state index in [2.05, 4.69) is 17.9 Å². The third kappa shape index (κ3) is 2.79. The second-order valence-corrected chi connectivity index (χ2v) is 4.92. The van der Waals surface area contributed by atoms with Crippen LogP contribution in [0.15, 0.2) is 24.3 Å². The van der Waals surface area contributed by atoms with E-state index in [-0.39, 0.29) is 6.61 Å². The van der Waals surface area contributed by atoms with Crippen LogP contribution >= 0.6 is 0 Å². The summed E-state index contributed by atoms with van der Waals surface area (Å²) < 4.78 is 0. The molecule has 1 heterocycles. The molecule has 0 radical (unpaired) electrons. The van der Waals surface area contributed by atoms with E-state index in [1.807, 2.05) is 18.2 Å². The van der Waals surface area contributed by atoms with Crippen molar-refractivity contribution < 1.29 is 5.11 Å². The van der Waals surface area contributed by atoms with Crippen LogP contribution in [0, 0.1) is 0 Å². The van der Waals surface area contributed by atoms with Crippen LogP contribution < -0.4 is 5.73 Å². The first-order valence-corrected chi connectivity index (χ1v) is 6.44. The predicted octanol–water partition coefficient (Wildman–Crippen LogP) is 2.18. The third-order valence-electron chi connectivity index (χ3n) is 3.77. The largest absolute Gasteiger partial charge is 0.399 e. The predicted molar refractivity (Wildman–Crippen MR) is 70.7 cm³/mol. The molecule has 3 heteroatoms. The van der Waals surface area contributed by atoms with Gasteiger partial charge in [0.25, 0.3) is 0 Å². The minimum Gasteiger partial charge on any atom is -0.399 e. The number of hydrogen-bond donors (Lipinski definition) is 2. The molecule has 1 aliphatic heterocycles. The average molecular weight is 234 g/mol. The summed E-state index contributed by atoms with van der Waals surface area (Å²) in [6.45, 7) is 3.52. The molecular formula is C14H22N2O. The first-order valence-electron chi connectivity index (χ1n) is 6.44. The Morgan fingerprint density at radius 1 is 1.47 bits per heavy atom. The Balaban J connectivity index is 2.15. The summed E-state index contributed by atoms with van der Waals surface area (Å²) >= 11 is 0. The van der Waals surface area contributed by atoms with Gasteiger partial charge in [-0.3, -0.25) is 4.90 Å². The monoisotopic (exact) mass is 234 g/mol. The number of nitrogens with zero attached hydrogens (tertiary/aromatic N) is 1. The van der Waals surface area contributed by atoms with Gasteiger partial charge in [-0.2, -0.15) is 0 Å². The Kier molecular flexibility index (Phi) is 4.02. The van der Waals surface area contributed by atoms with Crippen molar-refractivity contribution in [1.82, 2.24) is 4.90 Å². The van der Waals surface area contributed by atoms with Gasteiger partial charge in [-0.1, -0.05) is 18.6 Å². The van der Waals surface area contributed by atoms with Crippen molar-refractivity contribution in [2.24, 2.45) is 0 Å². The molecule has 1 aromatic carbocycles. The van der Waals surface area contributed by atoms with E-state index in [1.54, 1.807) is 0 Å². The number of likely N-dealkylation sites (tertiary alicyclic amines) is 1. The van der Waals surface area contributed by atoms with Gasteiger partial charge in [0, 0.05) is 17.8 Å². The van der Waals surface area contributed by atoms with E-state index in [4.69, 9.17) is 5.73 Å². The van der Waals surface area contributed by atoms with Crippen LogP contribution in [0.3, 0.4) is 0 Å². The van der Waals surface area contributed by atoms with Crippen molar-refractivity contribution in [3.05, 3.63) is 29.8 Å². The van der Waals surface area contributed by atoms with E-state index in [9.17, 15) is 5.11 Å².